The predicted octanol–water partition coefficient (Wildman–Crippen LogP) is 4.92. The molecule has 0 aromatic heterocycles. The molecule has 0 bridgehead atoms. The van der Waals surface area contributed by atoms with E-state index in [1.165, 1.54) is 23.4 Å². The fourth-order valence-corrected chi connectivity index (χ4v) is 4.34. The lowest BCUT2D eigenvalue weighted by Gasteiger charge is -2.18. The van der Waals surface area contributed by atoms with Crippen molar-refractivity contribution in [1.29, 1.82) is 0 Å². The standard InChI is InChI=1S/C27H33N3O3/c1-18(2)17-30-26(31)24(20-7-13-23(14-8-20)33-19(3)4)25(27(30)32)28-21-9-11-22(12-10-21)29-15-5-6-16-29/h7-14,18-19,28H,5-6,15-17H2,1-4H3. The lowest BCUT2D eigenvalue weighted by atomic mass is 10.0. The van der Waals surface area contributed by atoms with Crippen LogP contribution < -0.4 is 15.0 Å². The van der Waals surface area contributed by atoms with Gasteiger partial charge < -0.3 is 15.0 Å². The molecule has 0 unspecified atom stereocenters. The Morgan fingerprint density at radius 3 is 2.09 bits per heavy atom. The van der Waals surface area contributed by atoms with Gasteiger partial charge in [-0.25, -0.2) is 0 Å². The van der Waals surface area contributed by atoms with Crippen molar-refractivity contribution in [3.8, 4) is 5.75 Å². The van der Waals surface area contributed by atoms with Gasteiger partial charge in [-0.1, -0.05) is 26.0 Å². The van der Waals surface area contributed by atoms with Crippen LogP contribution in [0.3, 0.4) is 0 Å². The van der Waals surface area contributed by atoms with E-state index >= 15 is 0 Å². The van der Waals surface area contributed by atoms with E-state index in [4.69, 9.17) is 4.74 Å². The van der Waals surface area contributed by atoms with Crippen LogP contribution in [-0.4, -0.2) is 42.5 Å². The molecule has 4 rings (SSSR count). The van der Waals surface area contributed by atoms with Gasteiger partial charge in [0.25, 0.3) is 11.8 Å². The van der Waals surface area contributed by atoms with Gasteiger partial charge in [-0.3, -0.25) is 14.5 Å². The highest BCUT2D eigenvalue weighted by Crippen LogP contribution is 2.32. The average Bonchev–Trinajstić information content (AvgIpc) is 3.39. The van der Waals surface area contributed by atoms with E-state index in [-0.39, 0.29) is 23.8 Å². The molecule has 1 fully saturated rings. The summed E-state index contributed by atoms with van der Waals surface area (Å²) in [4.78, 5) is 30.3. The second-order valence-electron chi connectivity index (χ2n) is 9.42. The molecule has 1 saturated heterocycles. The van der Waals surface area contributed by atoms with Crippen molar-refractivity contribution in [2.45, 2.75) is 46.6 Å². The number of hydrogen-bond donors (Lipinski definition) is 1. The monoisotopic (exact) mass is 447 g/mol. The fraction of sp³-hybridized carbons (Fsp3) is 0.407. The molecular weight excluding hydrogens is 414 g/mol. The Balaban J connectivity index is 1.64. The highest BCUT2D eigenvalue weighted by atomic mass is 16.5. The van der Waals surface area contributed by atoms with Crippen LogP contribution in [0.5, 0.6) is 5.75 Å². The summed E-state index contributed by atoms with van der Waals surface area (Å²) in [5.41, 5.74) is 3.40. The van der Waals surface area contributed by atoms with Gasteiger partial charge in [-0.2, -0.15) is 0 Å². The first kappa shape index (κ1) is 22.9. The van der Waals surface area contributed by atoms with E-state index in [1.807, 2.05) is 64.1 Å². The second-order valence-corrected chi connectivity index (χ2v) is 9.42. The van der Waals surface area contributed by atoms with Crippen LogP contribution in [0.15, 0.2) is 54.2 Å². The molecule has 2 aromatic rings. The van der Waals surface area contributed by atoms with Gasteiger partial charge in [0.2, 0.25) is 0 Å². The number of rotatable bonds is 8. The summed E-state index contributed by atoms with van der Waals surface area (Å²) in [6.45, 7) is 10.5. The van der Waals surface area contributed by atoms with Crippen molar-refractivity contribution >= 4 is 28.8 Å². The number of carbonyl (C=O) groups is 2. The number of nitrogens with zero attached hydrogens (tertiary/aromatic N) is 2. The van der Waals surface area contributed by atoms with Gasteiger partial charge in [-0.05, 0) is 74.6 Å². The molecule has 1 N–H and O–H groups in total. The van der Waals surface area contributed by atoms with E-state index in [2.05, 4.69) is 22.3 Å². The Morgan fingerprint density at radius 2 is 1.52 bits per heavy atom. The number of carbonyl (C=O) groups excluding carboxylic acids is 2. The van der Waals surface area contributed by atoms with Gasteiger partial charge in [0.1, 0.15) is 11.4 Å². The van der Waals surface area contributed by atoms with Crippen molar-refractivity contribution in [2.24, 2.45) is 5.92 Å². The topological polar surface area (TPSA) is 61.9 Å². The Hall–Kier alpha value is -3.28. The number of amides is 2. The maximum absolute atomic E-state index is 13.3. The van der Waals surface area contributed by atoms with Crippen LogP contribution in [0.25, 0.3) is 5.57 Å². The number of nitrogens with one attached hydrogen (secondary N) is 1. The normalized spacial score (nSPS) is 16.5. The van der Waals surface area contributed by atoms with E-state index < -0.39 is 0 Å². The molecule has 0 saturated carbocycles. The minimum Gasteiger partial charge on any atom is -0.491 e. The Labute approximate surface area is 196 Å². The van der Waals surface area contributed by atoms with E-state index in [0.717, 1.165) is 24.5 Å². The molecule has 2 heterocycles. The molecule has 2 aliphatic heterocycles. The first-order valence-corrected chi connectivity index (χ1v) is 11.8. The van der Waals surface area contributed by atoms with Crippen molar-refractivity contribution in [2.75, 3.05) is 29.9 Å². The Kier molecular flexibility index (Phi) is 6.72. The Morgan fingerprint density at radius 1 is 0.879 bits per heavy atom. The number of benzene rings is 2. The maximum Gasteiger partial charge on any atom is 0.278 e. The molecule has 174 valence electrons. The lowest BCUT2D eigenvalue weighted by molar-refractivity contribution is -0.137. The average molecular weight is 448 g/mol. The van der Waals surface area contributed by atoms with Crippen LogP contribution in [0.2, 0.25) is 0 Å². The molecule has 2 aromatic carbocycles. The Bertz CT molecular complexity index is 1030. The van der Waals surface area contributed by atoms with Crippen LogP contribution >= 0.6 is 0 Å². The van der Waals surface area contributed by atoms with Crippen molar-refractivity contribution in [3.63, 3.8) is 0 Å². The fourth-order valence-electron chi connectivity index (χ4n) is 4.34. The number of anilines is 2. The summed E-state index contributed by atoms with van der Waals surface area (Å²) < 4.78 is 5.73. The maximum atomic E-state index is 13.3. The zero-order valence-corrected chi connectivity index (χ0v) is 19.9. The highest BCUT2D eigenvalue weighted by Gasteiger charge is 2.39. The second kappa shape index (κ2) is 9.69. The van der Waals surface area contributed by atoms with Crippen LogP contribution in [-0.2, 0) is 9.59 Å². The third-order valence-corrected chi connectivity index (χ3v) is 5.84. The smallest absolute Gasteiger partial charge is 0.278 e. The molecule has 33 heavy (non-hydrogen) atoms. The van der Waals surface area contributed by atoms with E-state index in [1.54, 1.807) is 0 Å². The van der Waals surface area contributed by atoms with Crippen molar-refractivity contribution in [3.05, 3.63) is 59.8 Å². The molecule has 0 atom stereocenters. The quantitative estimate of drug-likeness (QED) is 0.582. The van der Waals surface area contributed by atoms with Crippen LogP contribution in [0.1, 0.15) is 46.1 Å². The first-order chi connectivity index (χ1) is 15.8. The van der Waals surface area contributed by atoms with Crippen molar-refractivity contribution in [1.82, 2.24) is 4.90 Å². The molecule has 0 radical (unpaired) electrons. The summed E-state index contributed by atoms with van der Waals surface area (Å²) in [5.74, 6) is 0.370. The first-order valence-electron chi connectivity index (χ1n) is 11.8. The summed E-state index contributed by atoms with van der Waals surface area (Å²) in [7, 11) is 0. The van der Waals surface area contributed by atoms with Crippen LogP contribution in [0.4, 0.5) is 11.4 Å². The molecule has 2 amide bonds. The van der Waals surface area contributed by atoms with E-state index in [9.17, 15) is 9.59 Å². The lowest BCUT2D eigenvalue weighted by Crippen LogP contribution is -2.35. The highest BCUT2D eigenvalue weighted by molar-refractivity contribution is 6.36. The SMILES string of the molecule is CC(C)CN1C(=O)C(Nc2ccc(N3CCCC3)cc2)=C(c2ccc(OC(C)C)cc2)C1=O. The zero-order valence-electron chi connectivity index (χ0n) is 19.9. The largest absolute Gasteiger partial charge is 0.491 e. The van der Waals surface area contributed by atoms with Crippen LogP contribution in [0, 0.1) is 5.92 Å². The van der Waals surface area contributed by atoms with Gasteiger partial charge in [0.15, 0.2) is 0 Å². The molecule has 0 spiro atoms. The zero-order chi connectivity index (χ0) is 23.5. The third-order valence-electron chi connectivity index (χ3n) is 5.84. The summed E-state index contributed by atoms with van der Waals surface area (Å²) in [6.07, 6.45) is 2.51. The van der Waals surface area contributed by atoms with Gasteiger partial charge in [0, 0.05) is 31.0 Å². The van der Waals surface area contributed by atoms with Crippen molar-refractivity contribution < 1.29 is 14.3 Å². The molecular formula is C27H33N3O3. The van der Waals surface area contributed by atoms with E-state index in [0.29, 0.717) is 23.4 Å². The molecule has 6 heteroatoms. The molecule has 2 aliphatic rings. The van der Waals surface area contributed by atoms with Gasteiger partial charge >= 0.3 is 0 Å². The molecule has 0 aliphatic carbocycles. The minimum absolute atomic E-state index is 0.0621. The summed E-state index contributed by atoms with van der Waals surface area (Å²) in [6, 6.07) is 15.4. The minimum atomic E-state index is -0.283. The molecule has 6 nitrogen and oxygen atoms in total. The predicted molar refractivity (Wildman–Crippen MR) is 132 cm³/mol. The van der Waals surface area contributed by atoms with Gasteiger partial charge in [-0.15, -0.1) is 0 Å². The number of imide groups is 1. The number of ether oxygens (including phenoxy) is 1. The number of hydrogen-bond acceptors (Lipinski definition) is 5. The summed E-state index contributed by atoms with van der Waals surface area (Å²) in [5, 5.41) is 3.26. The summed E-state index contributed by atoms with van der Waals surface area (Å²) >= 11 is 0. The third kappa shape index (κ3) is 5.05. The van der Waals surface area contributed by atoms with Gasteiger partial charge in [0.05, 0.1) is 11.7 Å².